The molecule has 25 heavy (non-hydrogen) atoms. The minimum atomic E-state index is -0.315. The monoisotopic (exact) mass is 334 g/mol. The lowest BCUT2D eigenvalue weighted by atomic mass is 9.79. The third-order valence-corrected chi connectivity index (χ3v) is 5.36. The van der Waals surface area contributed by atoms with Gasteiger partial charge < -0.3 is 13.7 Å². The van der Waals surface area contributed by atoms with Gasteiger partial charge in [0, 0.05) is 11.8 Å². The van der Waals surface area contributed by atoms with Gasteiger partial charge in [-0.3, -0.25) is 0 Å². The third-order valence-electron chi connectivity index (χ3n) is 5.36. The van der Waals surface area contributed by atoms with Gasteiger partial charge >= 0.3 is 7.12 Å². The molecular weight excluding hydrogens is 311 g/mol. The number of fused-ring (bicyclic) bond motifs is 1. The molecule has 2 aromatic carbocycles. The van der Waals surface area contributed by atoms with Crippen LogP contribution in [0.1, 0.15) is 39.0 Å². The topological polar surface area (TPSA) is 31.6 Å². The normalized spacial score (nSPS) is 18.8. The number of hydrogen-bond acceptors (Lipinski definition) is 3. The minimum absolute atomic E-state index is 0.315. The Hall–Kier alpha value is -2.04. The molecule has 0 saturated carbocycles. The molecule has 0 aliphatic carbocycles. The highest BCUT2D eigenvalue weighted by Crippen LogP contribution is 2.36. The maximum atomic E-state index is 6.11. The highest BCUT2D eigenvalue weighted by molar-refractivity contribution is 6.62. The van der Waals surface area contributed by atoms with Crippen molar-refractivity contribution in [2.45, 2.75) is 45.3 Å². The zero-order chi connectivity index (χ0) is 17.7. The summed E-state index contributed by atoms with van der Waals surface area (Å²) in [5.74, 6) is 0.976. The molecule has 0 radical (unpaired) electrons. The van der Waals surface area contributed by atoms with Crippen molar-refractivity contribution < 1.29 is 13.7 Å². The van der Waals surface area contributed by atoms with Gasteiger partial charge in [0.25, 0.3) is 0 Å². The molecule has 2 heterocycles. The maximum absolute atomic E-state index is 6.11. The van der Waals surface area contributed by atoms with E-state index in [2.05, 4.69) is 64.1 Å². The summed E-state index contributed by atoms with van der Waals surface area (Å²) >= 11 is 0. The molecule has 1 aliphatic heterocycles. The van der Waals surface area contributed by atoms with E-state index in [9.17, 15) is 0 Å². The smallest absolute Gasteiger partial charge is 0.461 e. The van der Waals surface area contributed by atoms with Crippen LogP contribution in [0.5, 0.6) is 0 Å². The van der Waals surface area contributed by atoms with Gasteiger partial charge in [0.05, 0.1) is 11.2 Å². The fourth-order valence-corrected chi connectivity index (χ4v) is 3.10. The Morgan fingerprint density at radius 2 is 1.48 bits per heavy atom. The Morgan fingerprint density at radius 3 is 2.12 bits per heavy atom. The first-order valence-corrected chi connectivity index (χ1v) is 8.76. The minimum Gasteiger partial charge on any atom is -0.461 e. The lowest BCUT2D eigenvalue weighted by Gasteiger charge is -2.32. The molecule has 3 aromatic rings. The zero-order valence-corrected chi connectivity index (χ0v) is 15.2. The van der Waals surface area contributed by atoms with Crippen LogP contribution >= 0.6 is 0 Å². The van der Waals surface area contributed by atoms with Gasteiger partial charge in [-0.15, -0.1) is 0 Å². The highest BCUT2D eigenvalue weighted by atomic mass is 16.7. The van der Waals surface area contributed by atoms with E-state index < -0.39 is 0 Å². The first kappa shape index (κ1) is 16.4. The first-order valence-electron chi connectivity index (χ1n) is 8.76. The van der Waals surface area contributed by atoms with Gasteiger partial charge in [-0.2, -0.15) is 0 Å². The van der Waals surface area contributed by atoms with Gasteiger partial charge in [0.15, 0.2) is 0 Å². The third kappa shape index (κ3) is 3.01. The van der Waals surface area contributed by atoms with Crippen molar-refractivity contribution in [2.24, 2.45) is 0 Å². The van der Waals surface area contributed by atoms with Gasteiger partial charge in [0.2, 0.25) is 0 Å². The molecule has 0 spiro atoms. The second-order valence-electron chi connectivity index (χ2n) is 7.76. The summed E-state index contributed by atoms with van der Waals surface area (Å²) in [6.07, 6.45) is 0.776. The van der Waals surface area contributed by atoms with Crippen molar-refractivity contribution in [2.75, 3.05) is 0 Å². The standard InChI is InChI=1S/C21H23BO3/c1-20(2)21(3,4)25-22(24-20)17-11-9-15(10-12-17)13-18-14-16-7-5-6-8-19(16)23-18/h5-12,14H,13H2,1-4H3. The largest absolute Gasteiger partial charge is 0.494 e. The lowest BCUT2D eigenvalue weighted by molar-refractivity contribution is 0.00578. The summed E-state index contributed by atoms with van der Waals surface area (Å²) in [5, 5.41) is 1.14. The quantitative estimate of drug-likeness (QED) is 0.669. The van der Waals surface area contributed by atoms with Crippen molar-refractivity contribution in [3.63, 3.8) is 0 Å². The Kier molecular flexibility index (Phi) is 3.78. The van der Waals surface area contributed by atoms with Gasteiger partial charge in [-0.1, -0.05) is 42.5 Å². The fraction of sp³-hybridized carbons (Fsp3) is 0.333. The lowest BCUT2D eigenvalue weighted by Crippen LogP contribution is -2.41. The molecule has 0 unspecified atom stereocenters. The Labute approximate surface area is 149 Å². The second kappa shape index (κ2) is 5.75. The Morgan fingerprint density at radius 1 is 0.840 bits per heavy atom. The summed E-state index contributed by atoms with van der Waals surface area (Å²) in [7, 11) is -0.315. The Balaban J connectivity index is 1.51. The number of para-hydroxylation sites is 1. The molecule has 4 heteroatoms. The van der Waals surface area contributed by atoms with Gasteiger partial charge in [-0.05, 0) is 50.9 Å². The van der Waals surface area contributed by atoms with E-state index in [1.54, 1.807) is 0 Å². The van der Waals surface area contributed by atoms with E-state index in [1.165, 1.54) is 5.56 Å². The molecule has 3 nitrogen and oxygen atoms in total. The molecule has 0 bridgehead atoms. The highest BCUT2D eigenvalue weighted by Gasteiger charge is 2.51. The van der Waals surface area contributed by atoms with E-state index in [0.717, 1.165) is 28.6 Å². The van der Waals surface area contributed by atoms with Crippen LogP contribution < -0.4 is 5.46 Å². The van der Waals surface area contributed by atoms with Gasteiger partial charge in [-0.25, -0.2) is 0 Å². The van der Waals surface area contributed by atoms with Crippen LogP contribution in [-0.4, -0.2) is 18.3 Å². The molecule has 1 aliphatic rings. The van der Waals surface area contributed by atoms with Crippen LogP contribution in [-0.2, 0) is 15.7 Å². The van der Waals surface area contributed by atoms with E-state index >= 15 is 0 Å². The number of benzene rings is 2. The average Bonchev–Trinajstić information content (AvgIpc) is 3.05. The average molecular weight is 334 g/mol. The van der Waals surface area contributed by atoms with Crippen LogP contribution in [0.15, 0.2) is 59.0 Å². The van der Waals surface area contributed by atoms with Crippen LogP contribution in [0.3, 0.4) is 0 Å². The van der Waals surface area contributed by atoms with Crippen LogP contribution in [0.25, 0.3) is 11.0 Å². The molecule has 1 fully saturated rings. The van der Waals surface area contributed by atoms with E-state index in [1.807, 2.05) is 18.2 Å². The van der Waals surface area contributed by atoms with Gasteiger partial charge in [0.1, 0.15) is 11.3 Å². The van der Waals surface area contributed by atoms with E-state index in [0.29, 0.717) is 0 Å². The van der Waals surface area contributed by atoms with Crippen molar-refractivity contribution >= 4 is 23.6 Å². The van der Waals surface area contributed by atoms with Crippen molar-refractivity contribution in [3.05, 3.63) is 65.9 Å². The van der Waals surface area contributed by atoms with Crippen molar-refractivity contribution in [3.8, 4) is 0 Å². The summed E-state index contributed by atoms with van der Waals surface area (Å²) in [4.78, 5) is 0. The molecule has 1 aromatic heterocycles. The molecular formula is C21H23BO3. The summed E-state index contributed by atoms with van der Waals surface area (Å²) in [6, 6.07) is 18.6. The predicted molar refractivity (Wildman–Crippen MR) is 101 cm³/mol. The SMILES string of the molecule is CC1(C)OB(c2ccc(Cc3cc4ccccc4o3)cc2)OC1(C)C. The molecule has 0 atom stereocenters. The summed E-state index contributed by atoms with van der Waals surface area (Å²) in [6.45, 7) is 8.29. The molecule has 0 amide bonds. The van der Waals surface area contributed by atoms with E-state index in [4.69, 9.17) is 13.7 Å². The summed E-state index contributed by atoms with van der Waals surface area (Å²) < 4.78 is 18.1. The second-order valence-corrected chi connectivity index (χ2v) is 7.76. The molecule has 128 valence electrons. The zero-order valence-electron chi connectivity index (χ0n) is 15.2. The number of rotatable bonds is 3. The molecule has 4 rings (SSSR count). The van der Waals surface area contributed by atoms with Crippen LogP contribution in [0.4, 0.5) is 0 Å². The van der Waals surface area contributed by atoms with Crippen LogP contribution in [0.2, 0.25) is 0 Å². The van der Waals surface area contributed by atoms with Crippen molar-refractivity contribution in [1.82, 2.24) is 0 Å². The predicted octanol–water partition coefficient (Wildman–Crippen LogP) is 4.32. The molecule has 0 N–H and O–H groups in total. The first-order chi connectivity index (χ1) is 11.8. The number of furan rings is 1. The maximum Gasteiger partial charge on any atom is 0.494 e. The van der Waals surface area contributed by atoms with E-state index in [-0.39, 0.29) is 18.3 Å². The summed E-state index contributed by atoms with van der Waals surface area (Å²) in [5.41, 5.74) is 2.56. The fourth-order valence-electron chi connectivity index (χ4n) is 3.10. The van der Waals surface area contributed by atoms with Crippen LogP contribution in [0, 0.1) is 0 Å². The molecule has 1 saturated heterocycles. The van der Waals surface area contributed by atoms with Crippen molar-refractivity contribution in [1.29, 1.82) is 0 Å². The Bertz CT molecular complexity index is 844. The number of hydrogen-bond donors (Lipinski definition) is 0.